The van der Waals surface area contributed by atoms with Gasteiger partial charge in [-0.25, -0.2) is 9.13 Å². The average Bonchev–Trinajstić information content (AvgIpc) is 3.67. The normalized spacial score (nSPS) is 14.4. The Morgan fingerprint density at radius 1 is 0.356 bits per heavy atom. The van der Waals surface area contributed by atoms with Crippen molar-refractivity contribution >= 4 is 39.5 Å². The van der Waals surface area contributed by atoms with Crippen molar-refractivity contribution in [3.63, 3.8) is 0 Å². The van der Waals surface area contributed by atoms with Crippen LogP contribution in [0.5, 0.6) is 0 Å². The Labute approximate surface area is 529 Å². The van der Waals surface area contributed by atoms with Crippen LogP contribution in [0.4, 0.5) is 0 Å². The average molecular weight is 1280 g/mol. The summed E-state index contributed by atoms with van der Waals surface area (Å²) in [6.07, 6.45) is 44.2. The van der Waals surface area contributed by atoms with Gasteiger partial charge < -0.3 is 33.8 Å². The predicted octanol–water partition coefficient (Wildman–Crippen LogP) is 18.6. The number of hydrogen-bond donors (Lipinski definition) is 3. The Hall–Kier alpha value is -2.46. The van der Waals surface area contributed by atoms with Crippen LogP contribution in [0.3, 0.4) is 0 Å². The van der Waals surface area contributed by atoms with Crippen LogP contribution in [0.15, 0.2) is 24.3 Å². The van der Waals surface area contributed by atoms with Gasteiger partial charge in [-0.15, -0.1) is 0 Å². The number of rotatable bonds is 64. The Bertz CT molecular complexity index is 1810. The fraction of sp³-hybridized carbons (Fsp3) is 0.882. The summed E-state index contributed by atoms with van der Waals surface area (Å²) >= 11 is 0. The van der Waals surface area contributed by atoms with Crippen LogP contribution < -0.4 is 0 Å². The molecule has 0 rings (SSSR count). The molecule has 0 aromatic carbocycles. The number of hydrogen-bond acceptors (Lipinski definition) is 15. The summed E-state index contributed by atoms with van der Waals surface area (Å²) in [7, 11) is -9.91. The van der Waals surface area contributed by atoms with Crippen molar-refractivity contribution in [3.05, 3.63) is 24.3 Å². The highest BCUT2D eigenvalue weighted by molar-refractivity contribution is 7.47. The lowest BCUT2D eigenvalue weighted by molar-refractivity contribution is -0.161. The molecule has 0 fully saturated rings. The molecule has 17 nitrogen and oxygen atoms in total. The summed E-state index contributed by atoms with van der Waals surface area (Å²) in [6.45, 7) is 11.6. The summed E-state index contributed by atoms with van der Waals surface area (Å²) in [5.74, 6) is -0.0435. The van der Waals surface area contributed by atoms with Gasteiger partial charge in [-0.1, -0.05) is 259 Å². The van der Waals surface area contributed by atoms with Crippen LogP contribution in [0, 0.1) is 17.8 Å². The maximum Gasteiger partial charge on any atom is 0.472 e. The molecule has 0 aliphatic rings. The number of carbonyl (C=O) groups is 4. The third kappa shape index (κ3) is 62.1. The fourth-order valence-corrected chi connectivity index (χ4v) is 11.2. The van der Waals surface area contributed by atoms with E-state index in [1.54, 1.807) is 0 Å². The third-order valence-electron chi connectivity index (χ3n) is 15.0. The second kappa shape index (κ2) is 58.6. The molecule has 0 spiro atoms. The van der Waals surface area contributed by atoms with Crippen molar-refractivity contribution in [2.75, 3.05) is 39.6 Å². The van der Waals surface area contributed by atoms with Crippen LogP contribution in [0.2, 0.25) is 0 Å². The van der Waals surface area contributed by atoms with Crippen molar-refractivity contribution in [1.29, 1.82) is 0 Å². The predicted molar refractivity (Wildman–Crippen MR) is 349 cm³/mol. The number of aliphatic hydroxyl groups is 1. The Balaban J connectivity index is 5.27. The van der Waals surface area contributed by atoms with E-state index in [1.807, 2.05) is 0 Å². The maximum absolute atomic E-state index is 13.0. The summed E-state index contributed by atoms with van der Waals surface area (Å²) in [5, 5.41) is 10.6. The van der Waals surface area contributed by atoms with E-state index in [0.29, 0.717) is 37.5 Å². The lowest BCUT2D eigenvalue weighted by Gasteiger charge is -2.21. The molecule has 0 aromatic heterocycles. The zero-order valence-electron chi connectivity index (χ0n) is 56.0. The number of carbonyl (C=O) groups excluding carboxylic acids is 4. The van der Waals surface area contributed by atoms with E-state index in [1.165, 1.54) is 96.3 Å². The van der Waals surface area contributed by atoms with E-state index >= 15 is 0 Å². The van der Waals surface area contributed by atoms with Gasteiger partial charge in [0.2, 0.25) is 0 Å². The third-order valence-corrected chi connectivity index (χ3v) is 16.9. The molecular formula is C68H128O17P2. The summed E-state index contributed by atoms with van der Waals surface area (Å²) in [5.41, 5.74) is 0. The Kier molecular flexibility index (Phi) is 57.0. The van der Waals surface area contributed by atoms with Crippen LogP contribution in [-0.2, 0) is 65.4 Å². The van der Waals surface area contributed by atoms with Crippen LogP contribution in [0.25, 0.3) is 0 Å². The standard InChI is InChI=1S/C68H128O17P2/c1-8-9-10-11-12-13-14-15-16-17-18-22-27-35-42-49-65(70)78-55-63(84-67(72)51-44-37-28-23-20-19-21-25-32-39-46-59(2)3)57-82-86(74,75)80-53-62(69)54-81-87(76,77)83-58-64(56-79-66(71)50-43-36-31-30-34-41-48-61(6)7)85-68(73)52-45-38-29-24-26-33-40-47-60(4)5/h13-16,59-64,69H,8-12,17-58H2,1-7H3,(H,74,75)(H,76,77)/b14-13-,16-15-/t62-,63-,64-/m1/s1. The van der Waals surface area contributed by atoms with Gasteiger partial charge in [0.05, 0.1) is 26.4 Å². The van der Waals surface area contributed by atoms with E-state index in [4.69, 9.17) is 37.0 Å². The molecule has 0 amide bonds. The minimum Gasteiger partial charge on any atom is -0.462 e. The molecule has 0 bridgehead atoms. The monoisotopic (exact) mass is 1280 g/mol. The molecule has 0 heterocycles. The quantitative estimate of drug-likeness (QED) is 0.0169. The minimum absolute atomic E-state index is 0.0983. The number of phosphoric acid groups is 2. The molecule has 0 radical (unpaired) electrons. The zero-order valence-corrected chi connectivity index (χ0v) is 57.7. The first-order chi connectivity index (χ1) is 41.7. The molecule has 0 aliphatic heterocycles. The number of ether oxygens (including phenoxy) is 4. The van der Waals surface area contributed by atoms with Crippen molar-refractivity contribution in [2.45, 2.75) is 330 Å². The van der Waals surface area contributed by atoms with Gasteiger partial charge in [0.25, 0.3) is 0 Å². The van der Waals surface area contributed by atoms with Gasteiger partial charge in [0.1, 0.15) is 19.3 Å². The fourth-order valence-electron chi connectivity index (χ4n) is 9.65. The Morgan fingerprint density at radius 3 is 0.931 bits per heavy atom. The van der Waals surface area contributed by atoms with Crippen molar-refractivity contribution < 1.29 is 80.2 Å². The van der Waals surface area contributed by atoms with Crippen LogP contribution >= 0.6 is 15.6 Å². The first kappa shape index (κ1) is 84.5. The summed E-state index contributed by atoms with van der Waals surface area (Å²) < 4.78 is 68.1. The lowest BCUT2D eigenvalue weighted by Crippen LogP contribution is -2.30. The SMILES string of the molecule is CCCCCC/C=C\C=C/CCCCCCCC(=O)OC[C@H](COP(=O)(O)OC[C@@H](O)COP(=O)(O)OC[C@@H](COC(=O)CCCCCCCCC(C)C)OC(=O)CCCCCCCCCC(C)C)OC(=O)CCCCCCCCCCCCC(C)C. The van der Waals surface area contributed by atoms with Gasteiger partial charge >= 0.3 is 39.5 Å². The molecule has 87 heavy (non-hydrogen) atoms. The molecule has 0 saturated heterocycles. The van der Waals surface area contributed by atoms with Crippen LogP contribution in [-0.4, -0.2) is 96.7 Å². The second-order valence-corrected chi connectivity index (χ2v) is 28.2. The molecule has 19 heteroatoms. The van der Waals surface area contributed by atoms with Gasteiger partial charge in [0.15, 0.2) is 12.2 Å². The van der Waals surface area contributed by atoms with Gasteiger partial charge in [0, 0.05) is 25.7 Å². The molecule has 0 aromatic rings. The van der Waals surface area contributed by atoms with E-state index in [2.05, 4.69) is 72.8 Å². The first-order valence-corrected chi connectivity index (χ1v) is 37.7. The lowest BCUT2D eigenvalue weighted by atomic mass is 10.0. The highest BCUT2D eigenvalue weighted by Gasteiger charge is 2.30. The molecular weight excluding hydrogens is 1150 g/mol. The van der Waals surface area contributed by atoms with E-state index in [9.17, 15) is 43.2 Å². The van der Waals surface area contributed by atoms with Crippen molar-refractivity contribution in [3.8, 4) is 0 Å². The number of phosphoric ester groups is 2. The molecule has 512 valence electrons. The highest BCUT2D eigenvalue weighted by Crippen LogP contribution is 2.45. The maximum atomic E-state index is 13.0. The molecule has 3 N–H and O–H groups in total. The molecule has 5 atom stereocenters. The largest absolute Gasteiger partial charge is 0.472 e. The molecule has 0 aliphatic carbocycles. The first-order valence-electron chi connectivity index (χ1n) is 34.7. The van der Waals surface area contributed by atoms with E-state index in [0.717, 1.165) is 121 Å². The summed E-state index contributed by atoms with van der Waals surface area (Å²) in [4.78, 5) is 72.3. The van der Waals surface area contributed by atoms with Gasteiger partial charge in [-0.2, -0.15) is 0 Å². The number of esters is 4. The number of allylic oxidation sites excluding steroid dienone is 4. The Morgan fingerprint density at radius 2 is 0.621 bits per heavy atom. The smallest absolute Gasteiger partial charge is 0.462 e. The highest BCUT2D eigenvalue weighted by atomic mass is 31.2. The summed E-state index contributed by atoms with van der Waals surface area (Å²) in [6, 6.07) is 0. The minimum atomic E-state index is -4.96. The van der Waals surface area contributed by atoms with E-state index in [-0.39, 0.29) is 25.7 Å². The van der Waals surface area contributed by atoms with Crippen molar-refractivity contribution in [2.24, 2.45) is 17.8 Å². The van der Waals surface area contributed by atoms with Crippen LogP contribution in [0.1, 0.15) is 312 Å². The topological polar surface area (TPSA) is 237 Å². The number of unbranched alkanes of at least 4 members (excludes halogenated alkanes) is 29. The van der Waals surface area contributed by atoms with E-state index < -0.39 is 97.5 Å². The van der Waals surface area contributed by atoms with Crippen molar-refractivity contribution in [1.82, 2.24) is 0 Å². The van der Waals surface area contributed by atoms with Gasteiger partial charge in [-0.05, 0) is 69.1 Å². The molecule has 0 saturated carbocycles. The zero-order chi connectivity index (χ0) is 64.5. The molecule has 2 unspecified atom stereocenters. The second-order valence-electron chi connectivity index (χ2n) is 25.3. The van der Waals surface area contributed by atoms with Gasteiger partial charge in [-0.3, -0.25) is 37.3 Å². The number of aliphatic hydroxyl groups excluding tert-OH is 1.